The molecule has 150 valence electrons. The van der Waals surface area contributed by atoms with Gasteiger partial charge < -0.3 is 9.80 Å². The first-order valence-electron chi connectivity index (χ1n) is 9.94. The van der Waals surface area contributed by atoms with Gasteiger partial charge in [0.2, 0.25) is 11.8 Å². The number of carbonyl (C=O) groups is 2. The number of hydrogen-bond donors (Lipinski definition) is 0. The first-order chi connectivity index (χ1) is 13.5. The molecule has 0 aliphatic carbocycles. The van der Waals surface area contributed by atoms with Crippen LogP contribution in [0.4, 0.5) is 4.39 Å². The molecule has 0 radical (unpaired) electrons. The van der Waals surface area contributed by atoms with Crippen LogP contribution in [0, 0.1) is 5.82 Å². The molecule has 1 unspecified atom stereocenters. The van der Waals surface area contributed by atoms with Gasteiger partial charge in [0, 0.05) is 24.4 Å². The maximum Gasteiger partial charge on any atom is 0.242 e. The van der Waals surface area contributed by atoms with Gasteiger partial charge in [-0.05, 0) is 54.0 Å². The second-order valence-electron chi connectivity index (χ2n) is 7.16. The molecule has 1 aromatic carbocycles. The molecule has 0 bridgehead atoms. The summed E-state index contributed by atoms with van der Waals surface area (Å²) in [4.78, 5) is 30.4. The van der Waals surface area contributed by atoms with Gasteiger partial charge in [-0.2, -0.15) is 0 Å². The molecule has 3 rings (SSSR count). The van der Waals surface area contributed by atoms with E-state index in [1.807, 2.05) is 24.1 Å². The third-order valence-corrected chi connectivity index (χ3v) is 6.10. The molecular formula is C22H27FN2O2S. The maximum absolute atomic E-state index is 13.4. The van der Waals surface area contributed by atoms with Crippen molar-refractivity contribution in [1.82, 2.24) is 9.80 Å². The van der Waals surface area contributed by atoms with E-state index < -0.39 is 0 Å². The van der Waals surface area contributed by atoms with Gasteiger partial charge >= 0.3 is 0 Å². The molecule has 1 aliphatic rings. The van der Waals surface area contributed by atoms with E-state index in [2.05, 4.69) is 6.07 Å². The number of thiophene rings is 1. The Morgan fingerprint density at radius 2 is 1.93 bits per heavy atom. The Hall–Kier alpha value is -2.21. The van der Waals surface area contributed by atoms with Crippen LogP contribution in [0.5, 0.6) is 0 Å². The summed E-state index contributed by atoms with van der Waals surface area (Å²) in [5.74, 6) is -0.310. The van der Waals surface area contributed by atoms with Crippen LogP contribution in [-0.4, -0.2) is 41.2 Å². The molecule has 2 amide bonds. The van der Waals surface area contributed by atoms with Gasteiger partial charge in [0.15, 0.2) is 0 Å². The van der Waals surface area contributed by atoms with Crippen molar-refractivity contribution < 1.29 is 14.0 Å². The molecule has 2 aromatic rings. The first kappa shape index (κ1) is 20.5. The molecule has 0 fully saturated rings. The zero-order valence-corrected chi connectivity index (χ0v) is 17.3. The number of fused-ring (bicyclic) bond motifs is 1. The minimum absolute atomic E-state index is 0.0317. The lowest BCUT2D eigenvalue weighted by atomic mass is 9.93. The van der Waals surface area contributed by atoms with E-state index >= 15 is 0 Å². The van der Waals surface area contributed by atoms with Crippen LogP contribution >= 0.6 is 11.3 Å². The maximum atomic E-state index is 13.4. The highest BCUT2D eigenvalue weighted by Gasteiger charge is 2.33. The van der Waals surface area contributed by atoms with Gasteiger partial charge in [-0.15, -0.1) is 11.3 Å². The topological polar surface area (TPSA) is 40.6 Å². The summed E-state index contributed by atoms with van der Waals surface area (Å²) in [6.45, 7) is 5.27. The molecule has 6 heteroatoms. The SMILES string of the molecule is CCCC(=O)N(CCC)CC(=O)N1CCc2sccc2C1c1ccc(F)cc1. The Labute approximate surface area is 170 Å². The molecule has 0 saturated carbocycles. The fourth-order valence-electron chi connectivity index (χ4n) is 3.78. The monoisotopic (exact) mass is 402 g/mol. The summed E-state index contributed by atoms with van der Waals surface area (Å²) >= 11 is 1.70. The smallest absolute Gasteiger partial charge is 0.242 e. The van der Waals surface area contributed by atoms with E-state index in [1.54, 1.807) is 28.4 Å². The number of benzene rings is 1. The van der Waals surface area contributed by atoms with E-state index in [4.69, 9.17) is 0 Å². The van der Waals surface area contributed by atoms with E-state index in [0.717, 1.165) is 30.4 Å². The summed E-state index contributed by atoms with van der Waals surface area (Å²) in [6, 6.07) is 8.20. The van der Waals surface area contributed by atoms with E-state index in [-0.39, 0.29) is 30.2 Å². The fraction of sp³-hybridized carbons (Fsp3) is 0.455. The number of rotatable bonds is 7. The quantitative estimate of drug-likeness (QED) is 0.689. The number of hydrogen-bond acceptors (Lipinski definition) is 3. The molecule has 0 saturated heterocycles. The van der Waals surface area contributed by atoms with Crippen molar-refractivity contribution in [2.45, 2.75) is 45.6 Å². The van der Waals surface area contributed by atoms with Crippen LogP contribution in [0.2, 0.25) is 0 Å². The lowest BCUT2D eigenvalue weighted by Gasteiger charge is -2.37. The average Bonchev–Trinajstić information content (AvgIpc) is 3.16. The molecule has 0 N–H and O–H groups in total. The van der Waals surface area contributed by atoms with Gasteiger partial charge in [0.1, 0.15) is 5.82 Å². The van der Waals surface area contributed by atoms with Crippen molar-refractivity contribution in [1.29, 1.82) is 0 Å². The van der Waals surface area contributed by atoms with Crippen molar-refractivity contribution in [2.75, 3.05) is 19.6 Å². The lowest BCUT2D eigenvalue weighted by Crippen LogP contribution is -2.47. The lowest BCUT2D eigenvalue weighted by molar-refractivity contribution is -0.141. The van der Waals surface area contributed by atoms with E-state index in [0.29, 0.717) is 19.5 Å². The molecule has 4 nitrogen and oxygen atoms in total. The second-order valence-corrected chi connectivity index (χ2v) is 8.16. The zero-order valence-electron chi connectivity index (χ0n) is 16.5. The second kappa shape index (κ2) is 9.32. The Morgan fingerprint density at radius 1 is 1.18 bits per heavy atom. The third-order valence-electron chi connectivity index (χ3n) is 5.11. The Morgan fingerprint density at radius 3 is 2.61 bits per heavy atom. The summed E-state index contributed by atoms with van der Waals surface area (Å²) in [6.07, 6.45) is 2.86. The molecule has 1 aliphatic heterocycles. The van der Waals surface area contributed by atoms with Gasteiger partial charge in [0.05, 0.1) is 12.6 Å². The Bertz CT molecular complexity index is 818. The largest absolute Gasteiger partial charge is 0.333 e. The average molecular weight is 403 g/mol. The summed E-state index contributed by atoms with van der Waals surface area (Å²) in [5, 5.41) is 2.04. The molecule has 28 heavy (non-hydrogen) atoms. The number of amides is 2. The van der Waals surface area contributed by atoms with Crippen molar-refractivity contribution in [3.63, 3.8) is 0 Å². The van der Waals surface area contributed by atoms with Crippen LogP contribution in [0.1, 0.15) is 55.2 Å². The standard InChI is InChI=1S/C22H27FN2O2S/c1-3-5-20(26)24(12-4-2)15-21(27)25-13-10-19-18(11-14-28-19)22(25)16-6-8-17(23)9-7-16/h6-9,11,14,22H,3-5,10,12-13,15H2,1-2H3. The number of halogens is 1. The zero-order chi connectivity index (χ0) is 20.1. The normalized spacial score (nSPS) is 16.0. The van der Waals surface area contributed by atoms with Gasteiger partial charge in [-0.3, -0.25) is 9.59 Å². The molecule has 1 atom stereocenters. The number of carbonyl (C=O) groups excluding carboxylic acids is 2. The highest BCUT2D eigenvalue weighted by molar-refractivity contribution is 7.10. The molecule has 1 aromatic heterocycles. The van der Waals surface area contributed by atoms with E-state index in [1.165, 1.54) is 17.0 Å². The highest BCUT2D eigenvalue weighted by atomic mass is 32.1. The Kier molecular flexibility index (Phi) is 6.83. The van der Waals surface area contributed by atoms with Crippen LogP contribution in [0.3, 0.4) is 0 Å². The van der Waals surface area contributed by atoms with Crippen molar-refractivity contribution >= 4 is 23.2 Å². The van der Waals surface area contributed by atoms with Crippen LogP contribution in [0.15, 0.2) is 35.7 Å². The van der Waals surface area contributed by atoms with Gasteiger partial charge in [0.25, 0.3) is 0 Å². The van der Waals surface area contributed by atoms with Crippen LogP contribution in [0.25, 0.3) is 0 Å². The van der Waals surface area contributed by atoms with Gasteiger partial charge in [-0.25, -0.2) is 4.39 Å². The third kappa shape index (κ3) is 4.43. The van der Waals surface area contributed by atoms with Crippen molar-refractivity contribution in [2.24, 2.45) is 0 Å². The fourth-order valence-corrected chi connectivity index (χ4v) is 4.68. The number of nitrogens with zero attached hydrogens (tertiary/aromatic N) is 2. The van der Waals surface area contributed by atoms with Crippen LogP contribution < -0.4 is 0 Å². The van der Waals surface area contributed by atoms with Crippen molar-refractivity contribution in [3.05, 3.63) is 57.5 Å². The molecule has 0 spiro atoms. The Balaban J connectivity index is 1.87. The minimum Gasteiger partial charge on any atom is -0.333 e. The summed E-state index contributed by atoms with van der Waals surface area (Å²) in [5.41, 5.74) is 2.01. The van der Waals surface area contributed by atoms with Crippen LogP contribution in [-0.2, 0) is 16.0 Å². The predicted octanol–water partition coefficient (Wildman–Crippen LogP) is 4.40. The molecule has 2 heterocycles. The van der Waals surface area contributed by atoms with E-state index in [9.17, 15) is 14.0 Å². The van der Waals surface area contributed by atoms with Gasteiger partial charge in [-0.1, -0.05) is 26.0 Å². The van der Waals surface area contributed by atoms with Crippen molar-refractivity contribution in [3.8, 4) is 0 Å². The summed E-state index contributed by atoms with van der Waals surface area (Å²) in [7, 11) is 0. The highest BCUT2D eigenvalue weighted by Crippen LogP contribution is 2.37. The molecular weight excluding hydrogens is 375 g/mol. The predicted molar refractivity (Wildman–Crippen MR) is 110 cm³/mol. The summed E-state index contributed by atoms with van der Waals surface area (Å²) < 4.78 is 13.4. The minimum atomic E-state index is -0.290. The first-order valence-corrected chi connectivity index (χ1v) is 10.8.